The van der Waals surface area contributed by atoms with E-state index in [2.05, 4.69) is 5.10 Å². The molecular weight excluding hydrogens is 332 g/mol. The molecule has 2 rings (SSSR count). The summed E-state index contributed by atoms with van der Waals surface area (Å²) in [5, 5.41) is 4.88. The molecule has 2 heterocycles. The van der Waals surface area contributed by atoms with Crippen LogP contribution in [0.5, 0.6) is 0 Å². The maximum atomic E-state index is 12.4. The van der Waals surface area contributed by atoms with Gasteiger partial charge in [-0.2, -0.15) is 5.10 Å². The number of amides is 2. The van der Waals surface area contributed by atoms with E-state index >= 15 is 0 Å². The third-order valence-corrected chi connectivity index (χ3v) is 4.41. The Morgan fingerprint density at radius 3 is 2.12 bits per heavy atom. The van der Waals surface area contributed by atoms with Gasteiger partial charge in [0.25, 0.3) is 0 Å². The van der Waals surface area contributed by atoms with Crippen molar-refractivity contribution in [1.29, 1.82) is 0 Å². The molecule has 0 N–H and O–H groups in total. The molecule has 1 aliphatic heterocycles. The van der Waals surface area contributed by atoms with E-state index in [0.717, 1.165) is 11.4 Å². The molecule has 24 heavy (non-hydrogen) atoms. The molecule has 0 aromatic carbocycles. The number of piperazine rings is 1. The van der Waals surface area contributed by atoms with Gasteiger partial charge in [0.1, 0.15) is 12.1 Å². The average molecular weight is 357 g/mol. The molecule has 0 unspecified atom stereocenters. The molecule has 1 aromatic heterocycles. The molecule has 1 fully saturated rings. The molecule has 2 amide bonds. The van der Waals surface area contributed by atoms with Gasteiger partial charge in [-0.15, -0.1) is 0 Å². The summed E-state index contributed by atoms with van der Waals surface area (Å²) in [5.41, 5.74) is 0.991. The van der Waals surface area contributed by atoms with Crippen LogP contribution in [0.25, 0.3) is 0 Å². The number of carbonyl (C=O) groups is 2. The second-order valence-corrected chi connectivity index (χ2v) is 7.37. The zero-order valence-electron chi connectivity index (χ0n) is 14.9. The smallest absolute Gasteiger partial charge is 0.410 e. The predicted octanol–water partition coefficient (Wildman–Crippen LogP) is 2.23. The SMILES string of the molecule is Cc1nn(CC(=O)N2CCN(C(=O)OC(C)(C)C)CC2)c(C)c1Cl. The Morgan fingerprint density at radius 2 is 1.67 bits per heavy atom. The molecule has 7 nitrogen and oxygen atoms in total. The second-order valence-electron chi connectivity index (χ2n) is 6.99. The van der Waals surface area contributed by atoms with E-state index in [-0.39, 0.29) is 18.5 Å². The summed E-state index contributed by atoms with van der Waals surface area (Å²) in [6.07, 6.45) is -0.333. The maximum Gasteiger partial charge on any atom is 0.410 e. The van der Waals surface area contributed by atoms with E-state index in [9.17, 15) is 9.59 Å². The standard InChI is InChI=1S/C16H25ClN4O3/c1-11-14(17)12(2)21(18-11)10-13(22)19-6-8-20(9-7-19)15(23)24-16(3,4)5/h6-10H2,1-5H3. The van der Waals surface area contributed by atoms with Crippen molar-refractivity contribution >= 4 is 23.6 Å². The Morgan fingerprint density at radius 1 is 1.12 bits per heavy atom. The first-order valence-corrected chi connectivity index (χ1v) is 8.41. The number of halogens is 1. The number of carbonyl (C=O) groups excluding carboxylic acids is 2. The number of hydrogen-bond donors (Lipinski definition) is 0. The van der Waals surface area contributed by atoms with Crippen molar-refractivity contribution in [1.82, 2.24) is 19.6 Å². The fourth-order valence-electron chi connectivity index (χ4n) is 2.52. The highest BCUT2D eigenvalue weighted by atomic mass is 35.5. The minimum atomic E-state index is -0.515. The molecule has 0 saturated carbocycles. The molecule has 0 aliphatic carbocycles. The van der Waals surface area contributed by atoms with Gasteiger partial charge < -0.3 is 14.5 Å². The van der Waals surface area contributed by atoms with Crippen molar-refractivity contribution in [3.63, 3.8) is 0 Å². The van der Waals surface area contributed by atoms with Gasteiger partial charge in [-0.05, 0) is 34.6 Å². The van der Waals surface area contributed by atoms with Crippen molar-refractivity contribution in [2.24, 2.45) is 0 Å². The third kappa shape index (κ3) is 4.41. The Hall–Kier alpha value is -1.76. The van der Waals surface area contributed by atoms with Gasteiger partial charge in [0.2, 0.25) is 5.91 Å². The molecule has 1 aliphatic rings. The predicted molar refractivity (Wildman–Crippen MR) is 91.1 cm³/mol. The second kappa shape index (κ2) is 7.01. The molecule has 0 spiro atoms. The summed E-state index contributed by atoms with van der Waals surface area (Å²) < 4.78 is 6.98. The number of ether oxygens (including phenoxy) is 1. The third-order valence-electron chi connectivity index (χ3n) is 3.86. The molecule has 1 aromatic rings. The van der Waals surface area contributed by atoms with Crippen LogP contribution < -0.4 is 0 Å². The number of nitrogens with zero attached hydrogens (tertiary/aromatic N) is 4. The highest BCUT2D eigenvalue weighted by Crippen LogP contribution is 2.19. The molecular formula is C16H25ClN4O3. The summed E-state index contributed by atoms with van der Waals surface area (Å²) in [7, 11) is 0. The maximum absolute atomic E-state index is 12.4. The van der Waals surface area contributed by atoms with Gasteiger partial charge in [0, 0.05) is 26.2 Å². The van der Waals surface area contributed by atoms with Crippen LogP contribution in [0.15, 0.2) is 0 Å². The van der Waals surface area contributed by atoms with Gasteiger partial charge in [-0.3, -0.25) is 9.48 Å². The molecule has 134 valence electrons. The normalized spacial score (nSPS) is 15.6. The van der Waals surface area contributed by atoms with Crippen molar-refractivity contribution in [2.75, 3.05) is 26.2 Å². The van der Waals surface area contributed by atoms with Crippen molar-refractivity contribution in [3.8, 4) is 0 Å². The first-order valence-electron chi connectivity index (χ1n) is 8.03. The Balaban J connectivity index is 1.89. The van der Waals surface area contributed by atoms with E-state index in [4.69, 9.17) is 16.3 Å². The zero-order chi connectivity index (χ0) is 18.1. The summed E-state index contributed by atoms with van der Waals surface area (Å²) >= 11 is 6.11. The number of aromatic nitrogens is 2. The van der Waals surface area contributed by atoms with Crippen LogP contribution in [0.2, 0.25) is 5.02 Å². The van der Waals surface area contributed by atoms with Crippen LogP contribution in [0.3, 0.4) is 0 Å². The number of aryl methyl sites for hydroxylation is 1. The molecule has 1 saturated heterocycles. The zero-order valence-corrected chi connectivity index (χ0v) is 15.7. The van der Waals surface area contributed by atoms with E-state index in [1.54, 1.807) is 14.5 Å². The molecule has 0 atom stereocenters. The molecule has 8 heteroatoms. The van der Waals surface area contributed by atoms with Crippen molar-refractivity contribution in [2.45, 2.75) is 46.8 Å². The largest absolute Gasteiger partial charge is 0.444 e. The minimum absolute atomic E-state index is 0.0268. The highest BCUT2D eigenvalue weighted by molar-refractivity contribution is 6.31. The van der Waals surface area contributed by atoms with E-state index < -0.39 is 5.60 Å². The lowest BCUT2D eigenvalue weighted by Crippen LogP contribution is -2.52. The number of hydrogen-bond acceptors (Lipinski definition) is 4. The van der Waals surface area contributed by atoms with Gasteiger partial charge in [0.05, 0.1) is 16.4 Å². The van der Waals surface area contributed by atoms with Gasteiger partial charge in [0.15, 0.2) is 0 Å². The Kier molecular flexibility index (Phi) is 5.42. The van der Waals surface area contributed by atoms with Crippen LogP contribution in [0.1, 0.15) is 32.2 Å². The highest BCUT2D eigenvalue weighted by Gasteiger charge is 2.28. The number of rotatable bonds is 2. The fraction of sp³-hybridized carbons (Fsp3) is 0.688. The summed E-state index contributed by atoms with van der Waals surface area (Å²) in [4.78, 5) is 27.8. The Bertz CT molecular complexity index is 628. The van der Waals surface area contributed by atoms with Crippen LogP contribution >= 0.6 is 11.6 Å². The average Bonchev–Trinajstić information content (AvgIpc) is 2.73. The lowest BCUT2D eigenvalue weighted by atomic mass is 10.2. The monoisotopic (exact) mass is 356 g/mol. The summed E-state index contributed by atoms with van der Waals surface area (Å²) in [5.74, 6) is -0.0268. The van der Waals surface area contributed by atoms with Crippen LogP contribution in [-0.4, -0.2) is 63.4 Å². The van der Waals surface area contributed by atoms with E-state index in [0.29, 0.717) is 31.2 Å². The van der Waals surface area contributed by atoms with Crippen molar-refractivity contribution in [3.05, 3.63) is 16.4 Å². The first-order chi connectivity index (χ1) is 11.1. The quantitative estimate of drug-likeness (QED) is 0.815. The lowest BCUT2D eigenvalue weighted by Gasteiger charge is -2.35. The van der Waals surface area contributed by atoms with E-state index in [1.165, 1.54) is 0 Å². The molecule has 0 radical (unpaired) electrons. The Labute approximate surface area is 147 Å². The first kappa shape index (κ1) is 18.6. The lowest BCUT2D eigenvalue weighted by molar-refractivity contribution is -0.133. The van der Waals surface area contributed by atoms with Crippen LogP contribution in [-0.2, 0) is 16.1 Å². The van der Waals surface area contributed by atoms with Gasteiger partial charge >= 0.3 is 6.09 Å². The van der Waals surface area contributed by atoms with Crippen LogP contribution in [0.4, 0.5) is 4.79 Å². The topological polar surface area (TPSA) is 67.7 Å². The van der Waals surface area contributed by atoms with E-state index in [1.807, 2.05) is 34.6 Å². The summed E-state index contributed by atoms with van der Waals surface area (Å²) in [6.45, 7) is 11.3. The minimum Gasteiger partial charge on any atom is -0.444 e. The van der Waals surface area contributed by atoms with Crippen molar-refractivity contribution < 1.29 is 14.3 Å². The van der Waals surface area contributed by atoms with Crippen LogP contribution in [0, 0.1) is 13.8 Å². The fourth-order valence-corrected chi connectivity index (χ4v) is 2.66. The molecule has 0 bridgehead atoms. The van der Waals surface area contributed by atoms with Gasteiger partial charge in [-0.1, -0.05) is 11.6 Å². The van der Waals surface area contributed by atoms with Gasteiger partial charge in [-0.25, -0.2) is 4.79 Å². The summed E-state index contributed by atoms with van der Waals surface area (Å²) in [6, 6.07) is 0.